The number of benzene rings is 1. The van der Waals surface area contributed by atoms with Crippen LogP contribution in [-0.4, -0.2) is 17.5 Å². The third-order valence-electron chi connectivity index (χ3n) is 2.42. The minimum atomic E-state index is -0.568. The predicted octanol–water partition coefficient (Wildman–Crippen LogP) is 2.87. The zero-order chi connectivity index (χ0) is 13.7. The van der Waals surface area contributed by atoms with Crippen LogP contribution in [0.4, 0.5) is 10.1 Å². The first-order valence-corrected chi connectivity index (χ1v) is 5.86. The Bertz CT molecular complexity index is 587. The Hall–Kier alpha value is -2.43. The highest BCUT2D eigenvalue weighted by atomic mass is 19.1. The molecule has 0 aliphatic rings. The summed E-state index contributed by atoms with van der Waals surface area (Å²) in [6.07, 6.45) is 1.56. The zero-order valence-corrected chi connectivity index (χ0v) is 10.4. The molecule has 4 nitrogen and oxygen atoms in total. The Labute approximate surface area is 110 Å². The fraction of sp³-hybridized carbons (Fsp3) is 0.143. The first kappa shape index (κ1) is 13.0. The van der Waals surface area contributed by atoms with Crippen LogP contribution in [0.25, 0.3) is 0 Å². The maximum absolute atomic E-state index is 13.5. The lowest BCUT2D eigenvalue weighted by Crippen LogP contribution is -2.14. The summed E-state index contributed by atoms with van der Waals surface area (Å²) in [7, 11) is 0. The van der Waals surface area contributed by atoms with Crippen molar-refractivity contribution in [3.05, 3.63) is 54.0 Å². The second-order valence-electron chi connectivity index (χ2n) is 3.72. The van der Waals surface area contributed by atoms with Gasteiger partial charge in [-0.15, -0.1) is 0 Å². The monoisotopic (exact) mass is 260 g/mol. The summed E-state index contributed by atoms with van der Waals surface area (Å²) < 4.78 is 18.8. The van der Waals surface area contributed by atoms with E-state index in [1.165, 1.54) is 18.2 Å². The molecule has 0 bridgehead atoms. The molecule has 0 fully saturated rings. The van der Waals surface area contributed by atoms with Crippen molar-refractivity contribution in [1.82, 2.24) is 4.98 Å². The van der Waals surface area contributed by atoms with Crippen molar-refractivity contribution in [3.8, 4) is 5.88 Å². The van der Waals surface area contributed by atoms with E-state index in [1.54, 1.807) is 24.4 Å². The van der Waals surface area contributed by atoms with Crippen LogP contribution in [0.5, 0.6) is 5.88 Å². The molecule has 0 spiro atoms. The highest BCUT2D eigenvalue weighted by Gasteiger charge is 2.13. The third kappa shape index (κ3) is 3.07. The van der Waals surface area contributed by atoms with Gasteiger partial charge in [0.15, 0.2) is 0 Å². The fourth-order valence-electron chi connectivity index (χ4n) is 1.57. The number of aromatic nitrogens is 1. The summed E-state index contributed by atoms with van der Waals surface area (Å²) in [4.78, 5) is 16.0. The average Bonchev–Trinajstić information content (AvgIpc) is 2.41. The van der Waals surface area contributed by atoms with Crippen LogP contribution in [-0.2, 0) is 0 Å². The summed E-state index contributed by atoms with van der Waals surface area (Å²) in [6, 6.07) is 9.10. The molecule has 0 radical (unpaired) electrons. The van der Waals surface area contributed by atoms with Crippen LogP contribution in [0.1, 0.15) is 17.3 Å². The number of carbonyl (C=O) groups excluding carboxylic acids is 1. The normalized spacial score (nSPS) is 10.0. The number of rotatable bonds is 4. The van der Waals surface area contributed by atoms with E-state index in [4.69, 9.17) is 4.74 Å². The largest absolute Gasteiger partial charge is 0.476 e. The van der Waals surface area contributed by atoms with E-state index >= 15 is 0 Å². The van der Waals surface area contributed by atoms with E-state index in [0.29, 0.717) is 18.2 Å². The molecule has 1 N–H and O–H groups in total. The molecule has 0 aliphatic carbocycles. The topological polar surface area (TPSA) is 51.2 Å². The molecule has 19 heavy (non-hydrogen) atoms. The molecule has 0 saturated carbocycles. The number of pyridine rings is 1. The molecule has 0 atom stereocenters. The summed E-state index contributed by atoms with van der Waals surface area (Å²) >= 11 is 0. The molecular formula is C14H13FN2O2. The van der Waals surface area contributed by atoms with Crippen LogP contribution in [0.3, 0.4) is 0 Å². The van der Waals surface area contributed by atoms with E-state index in [2.05, 4.69) is 10.3 Å². The van der Waals surface area contributed by atoms with Gasteiger partial charge in [0.25, 0.3) is 5.91 Å². The number of halogens is 1. The fourth-order valence-corrected chi connectivity index (χ4v) is 1.57. The van der Waals surface area contributed by atoms with Crippen molar-refractivity contribution in [2.75, 3.05) is 11.9 Å². The third-order valence-corrected chi connectivity index (χ3v) is 2.42. The molecule has 98 valence electrons. The van der Waals surface area contributed by atoms with Gasteiger partial charge in [0.1, 0.15) is 11.5 Å². The predicted molar refractivity (Wildman–Crippen MR) is 69.8 cm³/mol. The lowest BCUT2D eigenvalue weighted by atomic mass is 10.2. The van der Waals surface area contributed by atoms with E-state index in [9.17, 15) is 9.18 Å². The van der Waals surface area contributed by atoms with Gasteiger partial charge in [-0.3, -0.25) is 4.79 Å². The highest BCUT2D eigenvalue weighted by molar-refractivity contribution is 6.05. The van der Waals surface area contributed by atoms with Crippen LogP contribution < -0.4 is 10.1 Å². The Morgan fingerprint density at radius 1 is 1.32 bits per heavy atom. The first-order valence-electron chi connectivity index (χ1n) is 5.86. The average molecular weight is 260 g/mol. The number of amides is 1. The lowest BCUT2D eigenvalue weighted by Gasteiger charge is -2.10. The minimum Gasteiger partial charge on any atom is -0.476 e. The zero-order valence-electron chi connectivity index (χ0n) is 10.4. The van der Waals surface area contributed by atoms with Crippen molar-refractivity contribution in [3.63, 3.8) is 0 Å². The molecule has 2 aromatic rings. The van der Waals surface area contributed by atoms with Crippen LogP contribution >= 0.6 is 0 Å². The molecule has 2 rings (SSSR count). The molecule has 0 saturated heterocycles. The van der Waals surface area contributed by atoms with Gasteiger partial charge in [0, 0.05) is 6.20 Å². The van der Waals surface area contributed by atoms with E-state index in [1.807, 2.05) is 6.92 Å². The van der Waals surface area contributed by atoms with Gasteiger partial charge in [-0.2, -0.15) is 0 Å². The van der Waals surface area contributed by atoms with Crippen molar-refractivity contribution in [1.29, 1.82) is 0 Å². The molecule has 1 heterocycles. The number of ether oxygens (including phenoxy) is 1. The lowest BCUT2D eigenvalue weighted by molar-refractivity contribution is 0.102. The van der Waals surface area contributed by atoms with Crippen LogP contribution in [0.2, 0.25) is 0 Å². The Morgan fingerprint density at radius 2 is 2.11 bits per heavy atom. The molecule has 1 aromatic carbocycles. The van der Waals surface area contributed by atoms with Crippen LogP contribution in [0.15, 0.2) is 42.6 Å². The first-order chi connectivity index (χ1) is 9.22. The minimum absolute atomic E-state index is 0.0196. The van der Waals surface area contributed by atoms with Crippen LogP contribution in [0, 0.1) is 5.82 Å². The highest BCUT2D eigenvalue weighted by Crippen LogP contribution is 2.21. The second-order valence-corrected chi connectivity index (χ2v) is 3.72. The molecular weight excluding hydrogens is 247 g/mol. The van der Waals surface area contributed by atoms with E-state index in [-0.39, 0.29) is 5.56 Å². The van der Waals surface area contributed by atoms with Gasteiger partial charge in [-0.1, -0.05) is 12.1 Å². The van der Waals surface area contributed by atoms with Gasteiger partial charge >= 0.3 is 0 Å². The Kier molecular flexibility index (Phi) is 4.07. The second kappa shape index (κ2) is 5.95. The van der Waals surface area contributed by atoms with Gasteiger partial charge < -0.3 is 10.1 Å². The Morgan fingerprint density at radius 3 is 2.84 bits per heavy atom. The maximum Gasteiger partial charge on any atom is 0.258 e. The SMILES string of the molecule is CCOc1ncccc1NC(=O)c1ccccc1F. The van der Waals surface area contributed by atoms with Gasteiger partial charge in [-0.05, 0) is 31.2 Å². The molecule has 1 aromatic heterocycles. The molecule has 0 unspecified atom stereocenters. The summed E-state index contributed by atoms with van der Waals surface area (Å²) in [5, 5.41) is 2.59. The smallest absolute Gasteiger partial charge is 0.258 e. The standard InChI is InChI=1S/C14H13FN2O2/c1-2-19-14-12(8-5-9-16-14)17-13(18)10-6-3-4-7-11(10)15/h3-9H,2H2,1H3,(H,17,18). The Balaban J connectivity index is 2.22. The van der Waals surface area contributed by atoms with Crippen molar-refractivity contribution in [2.45, 2.75) is 6.92 Å². The maximum atomic E-state index is 13.5. The van der Waals surface area contributed by atoms with Gasteiger partial charge in [0.2, 0.25) is 5.88 Å². The number of nitrogens with one attached hydrogen (secondary N) is 1. The van der Waals surface area contributed by atoms with Crippen molar-refractivity contribution < 1.29 is 13.9 Å². The molecule has 1 amide bonds. The number of hydrogen-bond acceptors (Lipinski definition) is 3. The number of carbonyl (C=O) groups is 1. The van der Waals surface area contributed by atoms with E-state index < -0.39 is 11.7 Å². The summed E-state index contributed by atoms with van der Waals surface area (Å²) in [6.45, 7) is 2.25. The van der Waals surface area contributed by atoms with Gasteiger partial charge in [0.05, 0.1) is 12.2 Å². The summed E-state index contributed by atoms with van der Waals surface area (Å²) in [5.41, 5.74) is 0.395. The quantitative estimate of drug-likeness (QED) is 0.919. The number of nitrogens with zero attached hydrogens (tertiary/aromatic N) is 1. The molecule has 5 heteroatoms. The number of anilines is 1. The van der Waals surface area contributed by atoms with Crippen molar-refractivity contribution in [2.24, 2.45) is 0 Å². The number of hydrogen-bond donors (Lipinski definition) is 1. The summed E-state index contributed by atoms with van der Waals surface area (Å²) in [5.74, 6) is -0.788. The molecule has 0 aliphatic heterocycles. The van der Waals surface area contributed by atoms with Gasteiger partial charge in [-0.25, -0.2) is 9.37 Å². The van der Waals surface area contributed by atoms with Crippen molar-refractivity contribution >= 4 is 11.6 Å². The van der Waals surface area contributed by atoms with E-state index in [0.717, 1.165) is 0 Å².